The van der Waals surface area contributed by atoms with Crippen molar-refractivity contribution in [3.05, 3.63) is 6.33 Å². The van der Waals surface area contributed by atoms with Crippen molar-refractivity contribution in [3.63, 3.8) is 0 Å². The Bertz CT molecular complexity index is 385. The number of amides is 1. The van der Waals surface area contributed by atoms with Crippen molar-refractivity contribution in [3.8, 4) is 0 Å². The van der Waals surface area contributed by atoms with Crippen molar-refractivity contribution in [2.24, 2.45) is 7.05 Å². The third-order valence-electron chi connectivity index (χ3n) is 2.51. The van der Waals surface area contributed by atoms with Crippen LogP contribution >= 0.6 is 0 Å². The monoisotopic (exact) mass is 225 g/mol. The number of rotatable bonds is 4. The van der Waals surface area contributed by atoms with Gasteiger partial charge >= 0.3 is 0 Å². The summed E-state index contributed by atoms with van der Waals surface area (Å²) in [6.45, 7) is 3.57. The molecule has 2 heterocycles. The lowest BCUT2D eigenvalue weighted by atomic mass is 10.0. The van der Waals surface area contributed by atoms with Gasteiger partial charge in [-0.3, -0.25) is 10.1 Å². The molecule has 1 aromatic rings. The molecule has 7 heteroatoms. The Kier molecular flexibility index (Phi) is 2.88. The maximum Gasteiger partial charge on any atom is 0.252 e. The maximum absolute atomic E-state index is 11.5. The van der Waals surface area contributed by atoms with Gasteiger partial charge < -0.3 is 10.1 Å². The summed E-state index contributed by atoms with van der Waals surface area (Å²) in [4.78, 5) is 15.4. The Hall–Kier alpha value is -1.47. The zero-order valence-electron chi connectivity index (χ0n) is 9.36. The molecule has 0 radical (unpaired) electrons. The molecule has 1 saturated heterocycles. The predicted octanol–water partition coefficient (Wildman–Crippen LogP) is -0.868. The van der Waals surface area contributed by atoms with Gasteiger partial charge in [0.15, 0.2) is 0 Å². The van der Waals surface area contributed by atoms with Crippen molar-refractivity contribution < 1.29 is 9.53 Å². The van der Waals surface area contributed by atoms with Gasteiger partial charge in [0.2, 0.25) is 5.95 Å². The summed E-state index contributed by atoms with van der Waals surface area (Å²) >= 11 is 0. The number of aromatic nitrogens is 3. The fourth-order valence-electron chi connectivity index (χ4n) is 1.39. The van der Waals surface area contributed by atoms with E-state index in [1.807, 2.05) is 6.92 Å². The zero-order chi connectivity index (χ0) is 11.6. The summed E-state index contributed by atoms with van der Waals surface area (Å²) in [6, 6.07) is 0. The van der Waals surface area contributed by atoms with Crippen molar-refractivity contribution in [2.45, 2.75) is 12.5 Å². The predicted molar refractivity (Wildman–Crippen MR) is 56.9 cm³/mol. The van der Waals surface area contributed by atoms with Crippen molar-refractivity contribution in [1.82, 2.24) is 20.1 Å². The van der Waals surface area contributed by atoms with Crippen molar-refractivity contribution >= 4 is 11.9 Å². The lowest BCUT2D eigenvalue weighted by molar-refractivity contribution is -0.130. The van der Waals surface area contributed by atoms with E-state index in [0.717, 1.165) is 13.1 Å². The number of ether oxygens (including phenoxy) is 1. The smallest absolute Gasteiger partial charge is 0.252 e. The van der Waals surface area contributed by atoms with Gasteiger partial charge in [-0.2, -0.15) is 10.1 Å². The van der Waals surface area contributed by atoms with Crippen LogP contribution in [-0.2, 0) is 16.6 Å². The molecule has 0 unspecified atom stereocenters. The lowest BCUT2D eigenvalue weighted by Gasteiger charge is -2.38. The van der Waals surface area contributed by atoms with E-state index in [9.17, 15) is 4.79 Å². The summed E-state index contributed by atoms with van der Waals surface area (Å²) in [5.74, 6) is 0.203. The summed E-state index contributed by atoms with van der Waals surface area (Å²) < 4.78 is 6.97. The summed E-state index contributed by atoms with van der Waals surface area (Å²) in [5.41, 5.74) is -0.211. The van der Waals surface area contributed by atoms with Gasteiger partial charge in [0, 0.05) is 20.1 Å². The van der Waals surface area contributed by atoms with E-state index in [4.69, 9.17) is 4.74 Å². The highest BCUT2D eigenvalue weighted by Crippen LogP contribution is 2.14. The Morgan fingerprint density at radius 3 is 3.00 bits per heavy atom. The van der Waals surface area contributed by atoms with E-state index >= 15 is 0 Å². The van der Waals surface area contributed by atoms with Crippen LogP contribution in [0, 0.1) is 0 Å². The first-order valence-corrected chi connectivity index (χ1v) is 5.08. The molecule has 0 bridgehead atoms. The van der Waals surface area contributed by atoms with Gasteiger partial charge in [-0.05, 0) is 6.92 Å². The fraction of sp³-hybridized carbons (Fsp3) is 0.667. The van der Waals surface area contributed by atoms with Crippen LogP contribution in [-0.4, -0.2) is 46.0 Å². The van der Waals surface area contributed by atoms with Crippen molar-refractivity contribution in [1.29, 1.82) is 0 Å². The van der Waals surface area contributed by atoms with E-state index in [2.05, 4.69) is 20.7 Å². The van der Waals surface area contributed by atoms with E-state index in [1.54, 1.807) is 7.05 Å². The van der Waals surface area contributed by atoms with Gasteiger partial charge in [-0.25, -0.2) is 4.68 Å². The zero-order valence-corrected chi connectivity index (χ0v) is 9.36. The molecule has 0 saturated carbocycles. The van der Waals surface area contributed by atoms with Crippen LogP contribution in [0.3, 0.4) is 0 Å². The molecule has 1 amide bonds. The second-order valence-corrected chi connectivity index (χ2v) is 4.10. The van der Waals surface area contributed by atoms with E-state index in [1.165, 1.54) is 11.0 Å². The topological polar surface area (TPSA) is 81.1 Å². The normalized spacial score (nSPS) is 17.9. The number of hydrogen-bond acceptors (Lipinski definition) is 5. The minimum absolute atomic E-state index is 0.0328. The average molecular weight is 225 g/mol. The van der Waals surface area contributed by atoms with E-state index in [-0.39, 0.29) is 18.1 Å². The Morgan fingerprint density at radius 1 is 1.75 bits per heavy atom. The van der Waals surface area contributed by atoms with Crippen LogP contribution in [0.15, 0.2) is 6.33 Å². The molecule has 0 atom stereocenters. The van der Waals surface area contributed by atoms with Crippen molar-refractivity contribution in [2.75, 3.05) is 25.0 Å². The fourth-order valence-corrected chi connectivity index (χ4v) is 1.39. The number of nitrogens with zero attached hydrogens (tertiary/aromatic N) is 3. The quantitative estimate of drug-likeness (QED) is 0.696. The number of hydrogen-bond donors (Lipinski definition) is 2. The summed E-state index contributed by atoms with van der Waals surface area (Å²) in [7, 11) is 1.71. The second-order valence-electron chi connectivity index (χ2n) is 4.10. The highest BCUT2D eigenvalue weighted by atomic mass is 16.5. The first-order chi connectivity index (χ1) is 7.59. The molecular weight excluding hydrogens is 210 g/mol. The Balaban J connectivity index is 1.78. The molecule has 1 fully saturated rings. The summed E-state index contributed by atoms with van der Waals surface area (Å²) in [5, 5.41) is 9.56. The van der Waals surface area contributed by atoms with Crippen LogP contribution in [0.25, 0.3) is 0 Å². The lowest BCUT2D eigenvalue weighted by Crippen LogP contribution is -2.59. The van der Waals surface area contributed by atoms with Gasteiger partial charge in [0.25, 0.3) is 5.91 Å². The number of nitrogens with one attached hydrogen (secondary N) is 2. The molecule has 88 valence electrons. The van der Waals surface area contributed by atoms with Crippen LogP contribution in [0.1, 0.15) is 6.92 Å². The van der Waals surface area contributed by atoms with Gasteiger partial charge in [-0.15, -0.1) is 0 Å². The van der Waals surface area contributed by atoms with Crippen LogP contribution in [0.5, 0.6) is 0 Å². The van der Waals surface area contributed by atoms with Gasteiger partial charge in [-0.1, -0.05) is 0 Å². The maximum atomic E-state index is 11.5. The minimum Gasteiger partial charge on any atom is -0.363 e. The highest BCUT2D eigenvalue weighted by Gasteiger charge is 2.33. The molecule has 0 aromatic carbocycles. The number of carbonyl (C=O) groups is 1. The van der Waals surface area contributed by atoms with Gasteiger partial charge in [0.1, 0.15) is 12.9 Å². The second kappa shape index (κ2) is 4.18. The molecule has 16 heavy (non-hydrogen) atoms. The molecule has 0 aliphatic carbocycles. The molecule has 1 aliphatic heterocycles. The third-order valence-corrected chi connectivity index (χ3v) is 2.51. The van der Waals surface area contributed by atoms with Gasteiger partial charge in [0.05, 0.1) is 5.60 Å². The van der Waals surface area contributed by atoms with Crippen LogP contribution < -0.4 is 10.6 Å². The molecule has 2 rings (SSSR count). The number of carbonyl (C=O) groups excluding carboxylic acids is 1. The Morgan fingerprint density at radius 2 is 2.50 bits per heavy atom. The Labute approximate surface area is 93.2 Å². The van der Waals surface area contributed by atoms with E-state index < -0.39 is 0 Å². The summed E-state index contributed by atoms with van der Waals surface area (Å²) in [6.07, 6.45) is 1.38. The molecule has 0 spiro atoms. The molecule has 1 aliphatic rings. The number of aryl methyl sites for hydroxylation is 1. The highest BCUT2D eigenvalue weighted by molar-refractivity contribution is 5.90. The third kappa shape index (κ3) is 2.37. The SMILES string of the molecule is Cn1ncnc1NC(=O)COC1(C)CNC1. The molecular formula is C9H15N5O2. The molecule has 1 aromatic heterocycles. The molecule has 7 nitrogen and oxygen atoms in total. The minimum atomic E-state index is -0.218. The number of anilines is 1. The largest absolute Gasteiger partial charge is 0.363 e. The first-order valence-electron chi connectivity index (χ1n) is 5.08. The average Bonchev–Trinajstić information content (AvgIpc) is 2.59. The molecule has 2 N–H and O–H groups in total. The van der Waals surface area contributed by atoms with Crippen LogP contribution in [0.4, 0.5) is 5.95 Å². The standard InChI is InChI=1S/C9H15N5O2/c1-9(4-10-5-9)16-3-7(15)13-8-11-6-12-14(8)2/h6,10H,3-5H2,1-2H3,(H,11,12,13,15). The van der Waals surface area contributed by atoms with Crippen LogP contribution in [0.2, 0.25) is 0 Å². The first kappa shape index (κ1) is 11.0. The van der Waals surface area contributed by atoms with E-state index in [0.29, 0.717) is 5.95 Å².